The lowest BCUT2D eigenvalue weighted by Crippen LogP contribution is -2.05. The molecule has 0 radical (unpaired) electrons. The van der Waals surface area contributed by atoms with Gasteiger partial charge in [0.1, 0.15) is 5.76 Å². The van der Waals surface area contributed by atoms with Gasteiger partial charge in [0, 0.05) is 5.56 Å². The molecule has 94 valence electrons. The van der Waals surface area contributed by atoms with Crippen molar-refractivity contribution >= 4 is 5.76 Å². The number of halogens is 3. The number of hydrogen-bond acceptors (Lipinski definition) is 1. The van der Waals surface area contributed by atoms with Crippen LogP contribution in [-0.2, 0) is 10.9 Å². The highest BCUT2D eigenvalue weighted by atomic mass is 19.4. The molecule has 0 fully saturated rings. The highest BCUT2D eigenvalue weighted by Crippen LogP contribution is 2.30. The topological polar surface area (TPSA) is 9.23 Å². The molecule has 1 aromatic carbocycles. The first-order valence-corrected chi connectivity index (χ1v) is 5.44. The number of rotatable bonds is 5. The molecule has 4 heteroatoms. The van der Waals surface area contributed by atoms with Crippen LogP contribution in [0.3, 0.4) is 0 Å². The molecule has 0 aliphatic rings. The number of benzene rings is 1. The van der Waals surface area contributed by atoms with E-state index < -0.39 is 11.7 Å². The zero-order valence-electron chi connectivity index (χ0n) is 9.68. The van der Waals surface area contributed by atoms with Gasteiger partial charge in [-0.2, -0.15) is 13.2 Å². The van der Waals surface area contributed by atoms with Crippen LogP contribution >= 0.6 is 0 Å². The first-order chi connectivity index (χ1) is 7.95. The molecule has 0 amide bonds. The Morgan fingerprint density at radius 2 is 2.06 bits per heavy atom. The van der Waals surface area contributed by atoms with Gasteiger partial charge in [0.15, 0.2) is 0 Å². The second-order valence-electron chi connectivity index (χ2n) is 3.70. The fourth-order valence-corrected chi connectivity index (χ4v) is 1.29. The highest BCUT2D eigenvalue weighted by Gasteiger charge is 2.30. The minimum atomic E-state index is -4.33. The van der Waals surface area contributed by atoms with Crippen LogP contribution in [-0.4, -0.2) is 6.61 Å². The average Bonchev–Trinajstić information content (AvgIpc) is 2.28. The maximum Gasteiger partial charge on any atom is 0.416 e. The van der Waals surface area contributed by atoms with Crippen LogP contribution in [0.1, 0.15) is 30.9 Å². The van der Waals surface area contributed by atoms with E-state index in [1.54, 1.807) is 6.07 Å². The lowest BCUT2D eigenvalue weighted by atomic mass is 10.1. The van der Waals surface area contributed by atoms with E-state index in [-0.39, 0.29) is 5.76 Å². The van der Waals surface area contributed by atoms with E-state index in [0.29, 0.717) is 12.2 Å². The summed E-state index contributed by atoms with van der Waals surface area (Å²) < 4.78 is 42.7. The molecule has 1 rings (SSSR count). The number of hydrogen-bond donors (Lipinski definition) is 0. The van der Waals surface area contributed by atoms with Crippen molar-refractivity contribution in [3.05, 3.63) is 42.0 Å². The predicted octanol–water partition coefficient (Wildman–Crippen LogP) is 4.49. The summed E-state index contributed by atoms with van der Waals surface area (Å²) in [7, 11) is 0. The van der Waals surface area contributed by atoms with E-state index in [2.05, 4.69) is 6.58 Å². The van der Waals surface area contributed by atoms with Crippen molar-refractivity contribution in [1.82, 2.24) is 0 Å². The van der Waals surface area contributed by atoms with Gasteiger partial charge < -0.3 is 4.74 Å². The lowest BCUT2D eigenvalue weighted by molar-refractivity contribution is -0.137. The summed E-state index contributed by atoms with van der Waals surface area (Å²) in [5.74, 6) is 0.282. The van der Waals surface area contributed by atoms with Crippen LogP contribution in [0.15, 0.2) is 30.8 Å². The van der Waals surface area contributed by atoms with E-state index in [9.17, 15) is 13.2 Å². The summed E-state index contributed by atoms with van der Waals surface area (Å²) in [5, 5.41) is 0. The molecule has 0 aromatic heterocycles. The molecule has 0 N–H and O–H groups in total. The van der Waals surface area contributed by atoms with Crippen LogP contribution in [0.2, 0.25) is 0 Å². The van der Waals surface area contributed by atoms with Crippen molar-refractivity contribution in [3.63, 3.8) is 0 Å². The summed E-state index contributed by atoms with van der Waals surface area (Å²) in [6, 6.07) is 4.99. The van der Waals surface area contributed by atoms with Gasteiger partial charge in [-0.05, 0) is 18.6 Å². The fourth-order valence-electron chi connectivity index (χ4n) is 1.29. The van der Waals surface area contributed by atoms with Crippen molar-refractivity contribution in [1.29, 1.82) is 0 Å². The van der Waals surface area contributed by atoms with Gasteiger partial charge in [-0.15, -0.1) is 0 Å². The van der Waals surface area contributed by atoms with Crippen molar-refractivity contribution < 1.29 is 17.9 Å². The standard InChI is InChI=1S/C13H15F3O/c1-3-4-8-17-10(2)11-6-5-7-12(9-11)13(14,15)16/h5-7,9H,2-4,8H2,1H3. The quantitative estimate of drug-likeness (QED) is 0.547. The van der Waals surface area contributed by atoms with Gasteiger partial charge in [0.25, 0.3) is 0 Å². The second kappa shape index (κ2) is 5.75. The van der Waals surface area contributed by atoms with E-state index in [1.165, 1.54) is 6.07 Å². The summed E-state index contributed by atoms with van der Waals surface area (Å²) in [4.78, 5) is 0. The van der Waals surface area contributed by atoms with Gasteiger partial charge >= 0.3 is 6.18 Å². The van der Waals surface area contributed by atoms with Crippen LogP contribution in [0.4, 0.5) is 13.2 Å². The smallest absolute Gasteiger partial charge is 0.416 e. The van der Waals surface area contributed by atoms with Gasteiger partial charge in [-0.3, -0.25) is 0 Å². The van der Waals surface area contributed by atoms with Crippen LogP contribution < -0.4 is 0 Å². The molecular formula is C13H15F3O. The van der Waals surface area contributed by atoms with Gasteiger partial charge in [0.2, 0.25) is 0 Å². The summed E-state index contributed by atoms with van der Waals surface area (Å²) >= 11 is 0. The number of ether oxygens (including phenoxy) is 1. The molecular weight excluding hydrogens is 229 g/mol. The predicted molar refractivity (Wildman–Crippen MR) is 61.3 cm³/mol. The Hall–Kier alpha value is -1.45. The summed E-state index contributed by atoms with van der Waals surface area (Å²) in [6.07, 6.45) is -2.51. The second-order valence-corrected chi connectivity index (χ2v) is 3.70. The average molecular weight is 244 g/mol. The Morgan fingerprint density at radius 1 is 1.35 bits per heavy atom. The van der Waals surface area contributed by atoms with E-state index in [4.69, 9.17) is 4.74 Å². The molecule has 0 saturated heterocycles. The molecule has 0 spiro atoms. The molecule has 0 atom stereocenters. The normalized spacial score (nSPS) is 11.3. The Labute approximate surface area is 98.9 Å². The number of alkyl halides is 3. The number of unbranched alkanes of at least 4 members (excludes halogenated alkanes) is 1. The Balaban J connectivity index is 2.74. The Kier molecular flexibility index (Phi) is 4.61. The summed E-state index contributed by atoms with van der Waals surface area (Å²) in [5.41, 5.74) is -0.314. The Bertz CT molecular complexity index is 382. The SMILES string of the molecule is C=C(OCCCC)c1cccc(C(F)(F)F)c1. The van der Waals surface area contributed by atoms with E-state index in [1.807, 2.05) is 6.92 Å². The molecule has 0 unspecified atom stereocenters. The minimum Gasteiger partial charge on any atom is -0.494 e. The van der Waals surface area contributed by atoms with Crippen LogP contribution in [0, 0.1) is 0 Å². The first kappa shape index (κ1) is 13.6. The fraction of sp³-hybridized carbons (Fsp3) is 0.385. The maximum atomic E-state index is 12.5. The van der Waals surface area contributed by atoms with Crippen LogP contribution in [0.25, 0.3) is 5.76 Å². The van der Waals surface area contributed by atoms with Crippen molar-refractivity contribution in [2.24, 2.45) is 0 Å². The zero-order chi connectivity index (χ0) is 12.9. The molecule has 1 aromatic rings. The molecule has 0 heterocycles. The molecule has 17 heavy (non-hydrogen) atoms. The largest absolute Gasteiger partial charge is 0.494 e. The van der Waals surface area contributed by atoms with Gasteiger partial charge in [-0.25, -0.2) is 0 Å². The highest BCUT2D eigenvalue weighted by molar-refractivity contribution is 5.58. The molecule has 0 bridgehead atoms. The zero-order valence-corrected chi connectivity index (χ0v) is 9.68. The van der Waals surface area contributed by atoms with Gasteiger partial charge in [0.05, 0.1) is 12.2 Å². The third kappa shape index (κ3) is 4.13. The maximum absolute atomic E-state index is 12.5. The van der Waals surface area contributed by atoms with Crippen molar-refractivity contribution in [2.75, 3.05) is 6.61 Å². The molecule has 0 aliphatic carbocycles. The summed E-state index contributed by atoms with van der Waals surface area (Å²) in [6.45, 7) is 6.12. The molecule has 0 aliphatic heterocycles. The van der Waals surface area contributed by atoms with Crippen molar-refractivity contribution in [2.45, 2.75) is 25.9 Å². The molecule has 0 saturated carbocycles. The third-order valence-electron chi connectivity index (χ3n) is 2.29. The van der Waals surface area contributed by atoms with Crippen molar-refractivity contribution in [3.8, 4) is 0 Å². The van der Waals surface area contributed by atoms with E-state index >= 15 is 0 Å². The lowest BCUT2D eigenvalue weighted by Gasteiger charge is -2.11. The van der Waals surface area contributed by atoms with Crippen LogP contribution in [0.5, 0.6) is 0 Å². The monoisotopic (exact) mass is 244 g/mol. The molecule has 1 nitrogen and oxygen atoms in total. The Morgan fingerprint density at radius 3 is 2.65 bits per heavy atom. The first-order valence-electron chi connectivity index (χ1n) is 5.44. The minimum absolute atomic E-state index is 0.282. The third-order valence-corrected chi connectivity index (χ3v) is 2.29. The van der Waals surface area contributed by atoms with Gasteiger partial charge in [-0.1, -0.05) is 32.1 Å². The van der Waals surface area contributed by atoms with E-state index in [0.717, 1.165) is 25.0 Å².